The van der Waals surface area contributed by atoms with Gasteiger partial charge in [0.1, 0.15) is 11.5 Å². The van der Waals surface area contributed by atoms with Crippen LogP contribution in [0.15, 0.2) is 48.5 Å². The van der Waals surface area contributed by atoms with Crippen molar-refractivity contribution in [2.24, 2.45) is 0 Å². The van der Waals surface area contributed by atoms with Gasteiger partial charge in [-0.1, -0.05) is 30.3 Å². The monoisotopic (exact) mass is 370 g/mol. The molecule has 0 aliphatic rings. The second-order valence-electron chi connectivity index (χ2n) is 5.98. The van der Waals surface area contributed by atoms with Crippen LogP contribution in [0.2, 0.25) is 0 Å². The van der Waals surface area contributed by atoms with E-state index in [1.54, 1.807) is 18.1 Å². The molecule has 0 aliphatic heterocycles. The van der Waals surface area contributed by atoms with Crippen molar-refractivity contribution in [3.05, 3.63) is 54.1 Å². The fourth-order valence-electron chi connectivity index (χ4n) is 2.69. The standard InChI is InChI=1S/C21H26N2O4/c1-4-27-20-12-8-6-10-18(20)22-21(25)13-14-23(16(2)24)15-17-9-5-7-11-19(17)26-3/h5-12H,4,13-15H2,1-3H3,(H,22,25). The topological polar surface area (TPSA) is 67.9 Å². The molecule has 0 fully saturated rings. The van der Waals surface area contributed by atoms with E-state index in [-0.39, 0.29) is 18.2 Å². The smallest absolute Gasteiger partial charge is 0.226 e. The lowest BCUT2D eigenvalue weighted by atomic mass is 10.2. The lowest BCUT2D eigenvalue weighted by molar-refractivity contribution is -0.129. The number of nitrogens with zero attached hydrogens (tertiary/aromatic N) is 1. The molecule has 0 saturated carbocycles. The molecule has 1 N–H and O–H groups in total. The Kier molecular flexibility index (Phi) is 7.67. The van der Waals surface area contributed by atoms with E-state index < -0.39 is 0 Å². The first-order valence-electron chi connectivity index (χ1n) is 8.94. The van der Waals surface area contributed by atoms with E-state index in [1.165, 1.54) is 6.92 Å². The van der Waals surface area contributed by atoms with Gasteiger partial charge in [-0.25, -0.2) is 0 Å². The van der Waals surface area contributed by atoms with E-state index >= 15 is 0 Å². The molecular formula is C21H26N2O4. The van der Waals surface area contributed by atoms with Gasteiger partial charge in [-0.3, -0.25) is 9.59 Å². The maximum atomic E-state index is 12.3. The van der Waals surface area contributed by atoms with E-state index in [1.807, 2.05) is 49.4 Å². The molecule has 0 spiro atoms. The lowest BCUT2D eigenvalue weighted by Crippen LogP contribution is -2.31. The van der Waals surface area contributed by atoms with E-state index in [2.05, 4.69) is 5.32 Å². The first-order valence-corrected chi connectivity index (χ1v) is 8.94. The van der Waals surface area contributed by atoms with Crippen molar-refractivity contribution in [3.63, 3.8) is 0 Å². The average molecular weight is 370 g/mol. The van der Waals surface area contributed by atoms with E-state index in [4.69, 9.17) is 9.47 Å². The molecular weight excluding hydrogens is 344 g/mol. The number of ether oxygens (including phenoxy) is 2. The summed E-state index contributed by atoms with van der Waals surface area (Å²) in [4.78, 5) is 26.0. The molecule has 27 heavy (non-hydrogen) atoms. The number of hydrogen-bond donors (Lipinski definition) is 1. The molecule has 0 bridgehead atoms. The number of amides is 2. The largest absolute Gasteiger partial charge is 0.496 e. The number of carbonyl (C=O) groups is 2. The van der Waals surface area contributed by atoms with Gasteiger partial charge in [0, 0.05) is 32.0 Å². The first kappa shape index (κ1) is 20.3. The Morgan fingerprint density at radius 1 is 1.04 bits per heavy atom. The molecule has 0 aromatic heterocycles. The minimum absolute atomic E-state index is 0.0941. The maximum absolute atomic E-state index is 12.3. The zero-order valence-corrected chi connectivity index (χ0v) is 16.0. The quantitative estimate of drug-likeness (QED) is 0.734. The van der Waals surface area contributed by atoms with Crippen LogP contribution in [-0.4, -0.2) is 37.0 Å². The molecule has 0 saturated heterocycles. The Hall–Kier alpha value is -3.02. The summed E-state index contributed by atoms with van der Waals surface area (Å²) in [6, 6.07) is 14.8. The number of rotatable bonds is 9. The Bertz CT molecular complexity index is 776. The van der Waals surface area contributed by atoms with Crippen molar-refractivity contribution in [1.29, 1.82) is 0 Å². The second-order valence-corrected chi connectivity index (χ2v) is 5.98. The zero-order valence-electron chi connectivity index (χ0n) is 16.0. The highest BCUT2D eigenvalue weighted by Crippen LogP contribution is 2.24. The van der Waals surface area contributed by atoms with Crippen LogP contribution < -0.4 is 14.8 Å². The number of benzene rings is 2. The third-order valence-corrected chi connectivity index (χ3v) is 4.07. The highest BCUT2D eigenvalue weighted by atomic mass is 16.5. The molecule has 0 aliphatic carbocycles. The number of hydrogen-bond acceptors (Lipinski definition) is 4. The van der Waals surface area contributed by atoms with Crippen LogP contribution in [-0.2, 0) is 16.1 Å². The van der Waals surface area contributed by atoms with Gasteiger partial charge >= 0.3 is 0 Å². The average Bonchev–Trinajstić information content (AvgIpc) is 2.67. The molecule has 0 unspecified atom stereocenters. The van der Waals surface area contributed by atoms with Crippen molar-refractivity contribution in [1.82, 2.24) is 4.90 Å². The number of para-hydroxylation sites is 3. The predicted molar refractivity (Wildman–Crippen MR) is 105 cm³/mol. The van der Waals surface area contributed by atoms with Gasteiger partial charge < -0.3 is 19.7 Å². The second kappa shape index (κ2) is 10.2. The SMILES string of the molecule is CCOc1ccccc1NC(=O)CCN(Cc1ccccc1OC)C(C)=O. The molecule has 2 aromatic rings. The Labute approximate surface area is 160 Å². The Morgan fingerprint density at radius 3 is 2.37 bits per heavy atom. The van der Waals surface area contributed by atoms with Crippen LogP contribution in [0.3, 0.4) is 0 Å². The summed E-state index contributed by atoms with van der Waals surface area (Å²) in [7, 11) is 1.60. The van der Waals surface area contributed by atoms with Gasteiger partial charge in [0.15, 0.2) is 0 Å². The fraction of sp³-hybridized carbons (Fsp3) is 0.333. The maximum Gasteiger partial charge on any atom is 0.226 e. The van der Waals surface area contributed by atoms with E-state index in [0.717, 1.165) is 11.3 Å². The van der Waals surface area contributed by atoms with Crippen molar-refractivity contribution >= 4 is 17.5 Å². The van der Waals surface area contributed by atoms with E-state index in [0.29, 0.717) is 31.1 Å². The third-order valence-electron chi connectivity index (χ3n) is 4.07. The molecule has 6 heteroatoms. The van der Waals surface area contributed by atoms with Gasteiger partial charge in [0.05, 0.1) is 19.4 Å². The van der Waals surface area contributed by atoms with Gasteiger partial charge in [-0.05, 0) is 25.1 Å². The summed E-state index contributed by atoms with van der Waals surface area (Å²) in [5.41, 5.74) is 1.53. The van der Waals surface area contributed by atoms with Crippen LogP contribution in [0, 0.1) is 0 Å². The number of anilines is 1. The van der Waals surface area contributed by atoms with Gasteiger partial charge in [-0.15, -0.1) is 0 Å². The van der Waals surface area contributed by atoms with E-state index in [9.17, 15) is 9.59 Å². The van der Waals surface area contributed by atoms with Crippen LogP contribution in [0.1, 0.15) is 25.8 Å². The summed E-state index contributed by atoms with van der Waals surface area (Å²) in [5.74, 6) is 1.08. The van der Waals surface area contributed by atoms with Crippen LogP contribution in [0.5, 0.6) is 11.5 Å². The highest BCUT2D eigenvalue weighted by molar-refractivity contribution is 5.92. The minimum atomic E-state index is -0.173. The van der Waals surface area contributed by atoms with Crippen LogP contribution in [0.25, 0.3) is 0 Å². The Balaban J connectivity index is 1.97. The molecule has 0 heterocycles. The molecule has 144 valence electrons. The highest BCUT2D eigenvalue weighted by Gasteiger charge is 2.15. The first-order chi connectivity index (χ1) is 13.0. The molecule has 0 atom stereocenters. The van der Waals surface area contributed by atoms with Gasteiger partial charge in [-0.2, -0.15) is 0 Å². The molecule has 2 aromatic carbocycles. The lowest BCUT2D eigenvalue weighted by Gasteiger charge is -2.22. The van der Waals surface area contributed by atoms with Crippen molar-refractivity contribution in [2.75, 3.05) is 25.6 Å². The molecule has 0 radical (unpaired) electrons. The van der Waals surface area contributed by atoms with Crippen LogP contribution in [0.4, 0.5) is 5.69 Å². The summed E-state index contributed by atoms with van der Waals surface area (Å²) >= 11 is 0. The Morgan fingerprint density at radius 2 is 1.70 bits per heavy atom. The number of nitrogens with one attached hydrogen (secondary N) is 1. The van der Waals surface area contributed by atoms with Gasteiger partial charge in [0.25, 0.3) is 0 Å². The zero-order chi connectivity index (χ0) is 19.6. The summed E-state index contributed by atoms with van der Waals surface area (Å²) < 4.78 is 10.8. The van der Waals surface area contributed by atoms with Gasteiger partial charge in [0.2, 0.25) is 11.8 Å². The fourth-order valence-corrected chi connectivity index (χ4v) is 2.69. The number of methoxy groups -OCH3 is 1. The van der Waals surface area contributed by atoms with Crippen LogP contribution >= 0.6 is 0 Å². The summed E-state index contributed by atoms with van der Waals surface area (Å²) in [6.07, 6.45) is 0.190. The minimum Gasteiger partial charge on any atom is -0.496 e. The summed E-state index contributed by atoms with van der Waals surface area (Å²) in [6.45, 7) is 4.61. The van der Waals surface area contributed by atoms with Crippen molar-refractivity contribution in [2.45, 2.75) is 26.8 Å². The summed E-state index contributed by atoms with van der Waals surface area (Å²) in [5, 5.41) is 2.85. The predicted octanol–water partition coefficient (Wildman–Crippen LogP) is 3.47. The van der Waals surface area contributed by atoms with Crippen molar-refractivity contribution < 1.29 is 19.1 Å². The normalized spacial score (nSPS) is 10.2. The third kappa shape index (κ3) is 6.02. The molecule has 2 rings (SSSR count). The number of carbonyl (C=O) groups excluding carboxylic acids is 2. The molecule has 6 nitrogen and oxygen atoms in total. The molecule has 2 amide bonds. The van der Waals surface area contributed by atoms with Crippen molar-refractivity contribution in [3.8, 4) is 11.5 Å².